The van der Waals surface area contributed by atoms with Gasteiger partial charge >= 0.3 is 0 Å². The van der Waals surface area contributed by atoms with Gasteiger partial charge < -0.3 is 0 Å². The molecule has 7 heteroatoms. The summed E-state index contributed by atoms with van der Waals surface area (Å²) in [6.07, 6.45) is 5.49. The SMILES string of the molecule is O=S(=O)(c1cccs1)N1CC[C@@H]2[C@@H]1CCN2Cc1cccnc1. The number of rotatable bonds is 4. The molecule has 2 aliphatic heterocycles. The number of aromatic nitrogens is 1. The van der Waals surface area contributed by atoms with E-state index in [0.717, 1.165) is 25.9 Å². The molecule has 0 radical (unpaired) electrons. The molecule has 2 aromatic rings. The number of hydrogen-bond donors (Lipinski definition) is 0. The number of hydrogen-bond acceptors (Lipinski definition) is 5. The number of thiophene rings is 1. The zero-order valence-electron chi connectivity index (χ0n) is 12.7. The van der Waals surface area contributed by atoms with E-state index in [2.05, 4.69) is 16.0 Å². The zero-order chi connectivity index (χ0) is 15.9. The van der Waals surface area contributed by atoms with Gasteiger partial charge in [-0.2, -0.15) is 4.31 Å². The predicted octanol–water partition coefficient (Wildman–Crippen LogP) is 2.18. The third-order valence-corrected chi connectivity index (χ3v) is 8.10. The number of sulfonamides is 1. The van der Waals surface area contributed by atoms with Crippen LogP contribution >= 0.6 is 11.3 Å². The van der Waals surface area contributed by atoms with Crippen LogP contribution in [0.4, 0.5) is 0 Å². The molecule has 0 aromatic carbocycles. The van der Waals surface area contributed by atoms with Crippen LogP contribution in [0.5, 0.6) is 0 Å². The summed E-state index contributed by atoms with van der Waals surface area (Å²) >= 11 is 1.30. The van der Waals surface area contributed by atoms with Crippen LogP contribution < -0.4 is 0 Å². The van der Waals surface area contributed by atoms with Crippen molar-refractivity contribution in [3.8, 4) is 0 Å². The number of pyridine rings is 1. The van der Waals surface area contributed by atoms with E-state index in [9.17, 15) is 8.42 Å². The van der Waals surface area contributed by atoms with Crippen molar-refractivity contribution in [1.82, 2.24) is 14.2 Å². The van der Waals surface area contributed by atoms with E-state index in [1.807, 2.05) is 17.6 Å². The minimum absolute atomic E-state index is 0.110. The van der Waals surface area contributed by atoms with Gasteiger partial charge in [0.15, 0.2) is 0 Å². The Morgan fingerprint density at radius 2 is 2.04 bits per heavy atom. The highest BCUT2D eigenvalue weighted by atomic mass is 32.2. The van der Waals surface area contributed by atoms with Crippen LogP contribution in [0.15, 0.2) is 46.2 Å². The molecule has 4 heterocycles. The van der Waals surface area contributed by atoms with Crippen molar-refractivity contribution in [1.29, 1.82) is 0 Å². The van der Waals surface area contributed by atoms with Crippen molar-refractivity contribution in [3.05, 3.63) is 47.6 Å². The maximum Gasteiger partial charge on any atom is 0.252 e. The Balaban J connectivity index is 1.52. The van der Waals surface area contributed by atoms with Crippen molar-refractivity contribution in [2.45, 2.75) is 35.7 Å². The first-order valence-electron chi connectivity index (χ1n) is 7.84. The van der Waals surface area contributed by atoms with E-state index in [4.69, 9.17) is 0 Å². The summed E-state index contributed by atoms with van der Waals surface area (Å²) in [6.45, 7) is 2.42. The van der Waals surface area contributed by atoms with Gasteiger partial charge in [0.1, 0.15) is 4.21 Å². The topological polar surface area (TPSA) is 53.5 Å². The zero-order valence-corrected chi connectivity index (χ0v) is 14.3. The number of likely N-dealkylation sites (tertiary alicyclic amines) is 1. The van der Waals surface area contributed by atoms with Crippen LogP contribution in [-0.2, 0) is 16.6 Å². The summed E-state index contributed by atoms with van der Waals surface area (Å²) in [4.78, 5) is 6.58. The maximum absolute atomic E-state index is 12.8. The fourth-order valence-electron chi connectivity index (χ4n) is 3.78. The molecule has 0 N–H and O–H groups in total. The van der Waals surface area contributed by atoms with Gasteiger partial charge in [-0.05, 0) is 35.9 Å². The van der Waals surface area contributed by atoms with Gasteiger partial charge in [0.25, 0.3) is 10.0 Å². The van der Waals surface area contributed by atoms with Crippen LogP contribution in [0, 0.1) is 0 Å². The van der Waals surface area contributed by atoms with E-state index in [0.29, 0.717) is 16.8 Å². The average molecular weight is 349 g/mol. The minimum Gasteiger partial charge on any atom is -0.294 e. The lowest BCUT2D eigenvalue weighted by molar-refractivity contribution is 0.240. The molecule has 0 unspecified atom stereocenters. The average Bonchev–Trinajstić information content (AvgIpc) is 3.27. The van der Waals surface area contributed by atoms with E-state index >= 15 is 0 Å². The Morgan fingerprint density at radius 1 is 1.17 bits per heavy atom. The van der Waals surface area contributed by atoms with Crippen molar-refractivity contribution in [3.63, 3.8) is 0 Å². The Kier molecular flexibility index (Phi) is 3.96. The summed E-state index contributed by atoms with van der Waals surface area (Å²) in [5, 5.41) is 1.82. The Hall–Kier alpha value is -1.28. The molecule has 0 saturated carbocycles. The van der Waals surface area contributed by atoms with Crippen molar-refractivity contribution in [2.24, 2.45) is 0 Å². The fraction of sp³-hybridized carbons (Fsp3) is 0.438. The maximum atomic E-state index is 12.8. The second kappa shape index (κ2) is 5.98. The van der Waals surface area contributed by atoms with Gasteiger partial charge in [0.05, 0.1) is 0 Å². The molecule has 0 bridgehead atoms. The van der Waals surface area contributed by atoms with Gasteiger partial charge in [0, 0.05) is 44.1 Å². The molecule has 2 aliphatic rings. The molecule has 2 atom stereocenters. The smallest absolute Gasteiger partial charge is 0.252 e. The molecule has 2 saturated heterocycles. The van der Waals surface area contributed by atoms with E-state index < -0.39 is 10.0 Å². The summed E-state index contributed by atoms with van der Waals surface area (Å²) in [5.41, 5.74) is 1.19. The summed E-state index contributed by atoms with van der Waals surface area (Å²) in [7, 11) is -3.33. The second-order valence-electron chi connectivity index (χ2n) is 6.09. The van der Waals surface area contributed by atoms with Crippen molar-refractivity contribution < 1.29 is 8.42 Å². The Morgan fingerprint density at radius 3 is 2.78 bits per heavy atom. The van der Waals surface area contributed by atoms with Crippen LogP contribution in [0.1, 0.15) is 18.4 Å². The number of fused-ring (bicyclic) bond motifs is 1. The summed E-state index contributed by atoms with van der Waals surface area (Å²) < 4.78 is 27.8. The molecule has 4 rings (SSSR count). The predicted molar refractivity (Wildman–Crippen MR) is 89.7 cm³/mol. The van der Waals surface area contributed by atoms with Crippen molar-refractivity contribution >= 4 is 21.4 Å². The summed E-state index contributed by atoms with van der Waals surface area (Å²) in [5.74, 6) is 0. The molecule has 0 spiro atoms. The largest absolute Gasteiger partial charge is 0.294 e. The second-order valence-corrected chi connectivity index (χ2v) is 9.16. The number of nitrogens with zero attached hydrogens (tertiary/aromatic N) is 3. The third kappa shape index (κ3) is 2.71. The lowest BCUT2D eigenvalue weighted by atomic mass is 10.1. The van der Waals surface area contributed by atoms with Crippen LogP contribution in [-0.4, -0.2) is 47.8 Å². The van der Waals surface area contributed by atoms with Gasteiger partial charge in [-0.25, -0.2) is 8.42 Å². The van der Waals surface area contributed by atoms with Gasteiger partial charge in [-0.3, -0.25) is 9.88 Å². The van der Waals surface area contributed by atoms with Gasteiger partial charge in [0.2, 0.25) is 0 Å². The first-order valence-corrected chi connectivity index (χ1v) is 10.2. The lowest BCUT2D eigenvalue weighted by Crippen LogP contribution is -2.39. The standard InChI is InChI=1S/C16H19N3O2S2/c20-23(21,16-4-2-10-22-16)19-9-6-14-15(19)5-8-18(14)12-13-3-1-7-17-11-13/h1-4,7,10-11,14-15H,5-6,8-9,12H2/t14-,15+/m1/s1. The van der Waals surface area contributed by atoms with E-state index in [1.165, 1.54) is 16.9 Å². The lowest BCUT2D eigenvalue weighted by Gasteiger charge is -2.25. The molecule has 2 aromatic heterocycles. The van der Waals surface area contributed by atoms with Gasteiger partial charge in [-0.1, -0.05) is 12.1 Å². The molecule has 0 amide bonds. The van der Waals surface area contributed by atoms with Gasteiger partial charge in [-0.15, -0.1) is 11.3 Å². The van der Waals surface area contributed by atoms with E-state index in [-0.39, 0.29) is 6.04 Å². The molecule has 23 heavy (non-hydrogen) atoms. The first kappa shape index (κ1) is 15.3. The monoisotopic (exact) mass is 349 g/mol. The highest BCUT2D eigenvalue weighted by Gasteiger charge is 2.47. The quantitative estimate of drug-likeness (QED) is 0.849. The molecule has 5 nitrogen and oxygen atoms in total. The van der Waals surface area contributed by atoms with E-state index in [1.54, 1.807) is 22.6 Å². The third-order valence-electron chi connectivity index (χ3n) is 4.81. The molecule has 122 valence electrons. The molecular weight excluding hydrogens is 330 g/mol. The minimum atomic E-state index is -3.33. The summed E-state index contributed by atoms with van der Waals surface area (Å²) in [6, 6.07) is 7.97. The Labute approximate surface area is 140 Å². The van der Waals surface area contributed by atoms with Crippen LogP contribution in [0.2, 0.25) is 0 Å². The normalized spacial score (nSPS) is 25.7. The molecule has 0 aliphatic carbocycles. The highest BCUT2D eigenvalue weighted by molar-refractivity contribution is 7.91. The van der Waals surface area contributed by atoms with Crippen LogP contribution in [0.3, 0.4) is 0 Å². The Bertz CT molecular complexity index is 762. The molecule has 2 fully saturated rings. The van der Waals surface area contributed by atoms with Crippen LogP contribution in [0.25, 0.3) is 0 Å². The highest BCUT2D eigenvalue weighted by Crippen LogP contribution is 2.36. The first-order chi connectivity index (χ1) is 11.2. The fourth-order valence-corrected chi connectivity index (χ4v) is 6.60. The van der Waals surface area contributed by atoms with Crippen molar-refractivity contribution in [2.75, 3.05) is 13.1 Å². The molecular formula is C16H19N3O2S2.